The Morgan fingerprint density at radius 2 is 2.21 bits per heavy atom. The number of nitrogens with zero attached hydrogens (tertiary/aromatic N) is 1. The first-order valence-corrected chi connectivity index (χ1v) is 5.70. The van der Waals surface area contributed by atoms with Gasteiger partial charge in [-0.3, -0.25) is 9.59 Å². The molecule has 2 N–H and O–H groups in total. The third-order valence-electron chi connectivity index (χ3n) is 2.22. The van der Waals surface area contributed by atoms with E-state index in [0.29, 0.717) is 0 Å². The van der Waals surface area contributed by atoms with E-state index in [9.17, 15) is 14.0 Å². The fraction of sp³-hybridized carbons (Fsp3) is 0.250. The molecule has 0 aliphatic rings. The summed E-state index contributed by atoms with van der Waals surface area (Å²) in [4.78, 5) is 22.1. The lowest BCUT2D eigenvalue weighted by Gasteiger charge is -2.14. The van der Waals surface area contributed by atoms with Crippen molar-refractivity contribution in [3.63, 3.8) is 0 Å². The Morgan fingerprint density at radius 3 is 2.74 bits per heavy atom. The van der Waals surface area contributed by atoms with E-state index in [4.69, 9.17) is 16.9 Å². The molecule has 0 fully saturated rings. The summed E-state index contributed by atoms with van der Waals surface area (Å²) in [6.07, 6.45) is 0. The van der Waals surface area contributed by atoms with Gasteiger partial charge in [0.1, 0.15) is 11.9 Å². The minimum Gasteiger partial charge on any atom is -0.347 e. The van der Waals surface area contributed by atoms with Crippen LogP contribution in [-0.2, 0) is 9.59 Å². The number of carbonyl (C=O) groups is 2. The lowest BCUT2D eigenvalue weighted by Crippen LogP contribution is -2.37. The Balaban J connectivity index is 2.82. The van der Waals surface area contributed by atoms with Crippen LogP contribution in [-0.4, -0.2) is 18.4 Å². The highest BCUT2D eigenvalue weighted by Gasteiger charge is 2.20. The summed E-state index contributed by atoms with van der Waals surface area (Å²) in [6, 6.07) is 4.50. The summed E-state index contributed by atoms with van der Waals surface area (Å²) < 4.78 is 13.6. The average molecular weight is 284 g/mol. The van der Waals surface area contributed by atoms with Gasteiger partial charge in [-0.1, -0.05) is 17.7 Å². The average Bonchev–Trinajstić information content (AvgIpc) is 2.34. The van der Waals surface area contributed by atoms with Crippen LogP contribution < -0.4 is 10.6 Å². The van der Waals surface area contributed by atoms with Crippen molar-refractivity contribution in [3.8, 4) is 6.07 Å². The smallest absolute Gasteiger partial charge is 0.240 e. The first-order valence-electron chi connectivity index (χ1n) is 5.33. The van der Waals surface area contributed by atoms with Crippen LogP contribution in [0, 0.1) is 17.1 Å². The summed E-state index contributed by atoms with van der Waals surface area (Å²) in [5, 5.41) is 13.6. The maximum Gasteiger partial charge on any atom is 0.240 e. The van der Waals surface area contributed by atoms with Crippen LogP contribution in [0.2, 0.25) is 5.02 Å². The van der Waals surface area contributed by atoms with Crippen LogP contribution in [0.15, 0.2) is 18.2 Å². The minimum atomic E-state index is -1.21. The Kier molecular flexibility index (Phi) is 5.27. The van der Waals surface area contributed by atoms with Crippen molar-refractivity contribution >= 4 is 23.4 Å². The molecule has 19 heavy (non-hydrogen) atoms. The lowest BCUT2D eigenvalue weighted by molar-refractivity contribution is -0.125. The van der Waals surface area contributed by atoms with Crippen molar-refractivity contribution in [2.45, 2.75) is 13.0 Å². The first kappa shape index (κ1) is 14.9. The lowest BCUT2D eigenvalue weighted by atomic mass is 10.1. The topological polar surface area (TPSA) is 82.0 Å². The van der Waals surface area contributed by atoms with E-state index >= 15 is 0 Å². The van der Waals surface area contributed by atoms with Crippen molar-refractivity contribution in [1.29, 1.82) is 5.26 Å². The summed E-state index contributed by atoms with van der Waals surface area (Å²) in [5.74, 6) is -1.67. The number of hydrogen-bond donors (Lipinski definition) is 2. The molecule has 1 aromatic rings. The largest absolute Gasteiger partial charge is 0.347 e. The zero-order chi connectivity index (χ0) is 14.4. The molecule has 1 rings (SSSR count). The van der Waals surface area contributed by atoms with Gasteiger partial charge in [-0.05, 0) is 12.1 Å². The molecule has 0 saturated heterocycles. The predicted molar refractivity (Wildman–Crippen MR) is 66.6 cm³/mol. The van der Waals surface area contributed by atoms with Crippen LogP contribution in [0.3, 0.4) is 0 Å². The zero-order valence-corrected chi connectivity index (χ0v) is 10.8. The van der Waals surface area contributed by atoms with Gasteiger partial charge in [-0.15, -0.1) is 0 Å². The zero-order valence-electron chi connectivity index (χ0n) is 10.0. The standard InChI is InChI=1S/C12H11ClFN3O2/c1-7(18)16-6-11(19)17-10(5-15)12-8(13)3-2-4-9(12)14/h2-4,10H,6H2,1H3,(H,16,18)(H,17,19)/t10-/m1/s1. The van der Waals surface area contributed by atoms with Gasteiger partial charge in [-0.2, -0.15) is 5.26 Å². The van der Waals surface area contributed by atoms with Crippen LogP contribution >= 0.6 is 11.6 Å². The van der Waals surface area contributed by atoms with E-state index in [1.165, 1.54) is 19.1 Å². The van der Waals surface area contributed by atoms with Gasteiger partial charge < -0.3 is 10.6 Å². The minimum absolute atomic E-state index is 0.0476. The van der Waals surface area contributed by atoms with E-state index in [0.717, 1.165) is 6.07 Å². The third kappa shape index (κ3) is 4.23. The molecular weight excluding hydrogens is 273 g/mol. The fourth-order valence-corrected chi connectivity index (χ4v) is 1.64. The second kappa shape index (κ2) is 6.71. The van der Waals surface area contributed by atoms with Gasteiger partial charge in [0.05, 0.1) is 12.6 Å². The summed E-state index contributed by atoms with van der Waals surface area (Å²) in [7, 11) is 0. The Morgan fingerprint density at radius 1 is 1.53 bits per heavy atom. The van der Waals surface area contributed by atoms with Crippen LogP contribution in [0.4, 0.5) is 4.39 Å². The van der Waals surface area contributed by atoms with Gasteiger partial charge in [0.25, 0.3) is 0 Å². The van der Waals surface area contributed by atoms with Crippen LogP contribution in [0.1, 0.15) is 18.5 Å². The number of nitrogens with one attached hydrogen (secondary N) is 2. The maximum absolute atomic E-state index is 13.6. The highest BCUT2D eigenvalue weighted by molar-refractivity contribution is 6.31. The van der Waals surface area contributed by atoms with Crippen molar-refractivity contribution < 1.29 is 14.0 Å². The van der Waals surface area contributed by atoms with Gasteiger partial charge >= 0.3 is 0 Å². The molecule has 0 unspecified atom stereocenters. The highest BCUT2D eigenvalue weighted by Crippen LogP contribution is 2.25. The second-order valence-electron chi connectivity index (χ2n) is 3.67. The molecule has 0 saturated carbocycles. The number of nitriles is 1. The molecular formula is C12H11ClFN3O2. The van der Waals surface area contributed by atoms with Crippen molar-refractivity contribution in [1.82, 2.24) is 10.6 Å². The normalized spacial score (nSPS) is 11.3. The molecule has 0 bridgehead atoms. The number of amides is 2. The molecule has 0 heterocycles. The molecule has 1 aromatic carbocycles. The summed E-state index contributed by atoms with van der Waals surface area (Å²) in [5.41, 5.74) is -0.0946. The molecule has 100 valence electrons. The number of carbonyl (C=O) groups excluding carboxylic acids is 2. The fourth-order valence-electron chi connectivity index (χ4n) is 1.37. The number of benzene rings is 1. The quantitative estimate of drug-likeness (QED) is 0.874. The molecule has 0 aliphatic carbocycles. The maximum atomic E-state index is 13.6. The van der Waals surface area contributed by atoms with Gasteiger partial charge in [0, 0.05) is 17.5 Å². The van der Waals surface area contributed by atoms with E-state index in [1.54, 1.807) is 6.07 Å². The van der Waals surface area contributed by atoms with Crippen LogP contribution in [0.5, 0.6) is 0 Å². The van der Waals surface area contributed by atoms with E-state index in [-0.39, 0.29) is 23.0 Å². The molecule has 0 aromatic heterocycles. The Labute approximate surface area is 114 Å². The van der Waals surface area contributed by atoms with Gasteiger partial charge in [0.2, 0.25) is 11.8 Å². The van der Waals surface area contributed by atoms with Crippen molar-refractivity contribution in [3.05, 3.63) is 34.6 Å². The van der Waals surface area contributed by atoms with E-state index in [2.05, 4.69) is 10.6 Å². The molecule has 5 nitrogen and oxygen atoms in total. The van der Waals surface area contributed by atoms with Gasteiger partial charge in [-0.25, -0.2) is 4.39 Å². The third-order valence-corrected chi connectivity index (χ3v) is 2.55. The monoisotopic (exact) mass is 283 g/mol. The Bertz CT molecular complexity index is 522. The summed E-state index contributed by atoms with van der Waals surface area (Å²) in [6.45, 7) is 0.961. The summed E-state index contributed by atoms with van der Waals surface area (Å²) >= 11 is 5.80. The molecule has 0 aliphatic heterocycles. The molecule has 7 heteroatoms. The number of halogens is 2. The van der Waals surface area contributed by atoms with Crippen molar-refractivity contribution in [2.75, 3.05) is 6.54 Å². The van der Waals surface area contributed by atoms with E-state index < -0.39 is 17.8 Å². The van der Waals surface area contributed by atoms with E-state index in [1.807, 2.05) is 0 Å². The molecule has 0 spiro atoms. The van der Waals surface area contributed by atoms with Gasteiger partial charge in [0.15, 0.2) is 0 Å². The number of rotatable bonds is 4. The molecule has 0 radical (unpaired) electrons. The molecule has 1 atom stereocenters. The van der Waals surface area contributed by atoms with Crippen LogP contribution in [0.25, 0.3) is 0 Å². The SMILES string of the molecule is CC(=O)NCC(=O)N[C@H](C#N)c1c(F)cccc1Cl. The van der Waals surface area contributed by atoms with Crippen molar-refractivity contribution in [2.24, 2.45) is 0 Å². The molecule has 2 amide bonds. The first-order chi connectivity index (χ1) is 8.95. The highest BCUT2D eigenvalue weighted by atomic mass is 35.5. The predicted octanol–water partition coefficient (Wildman–Crippen LogP) is 1.30. The second-order valence-corrected chi connectivity index (χ2v) is 4.08. The Hall–Kier alpha value is -2.13. The number of hydrogen-bond acceptors (Lipinski definition) is 3.